The minimum absolute atomic E-state index is 0.0226. The van der Waals surface area contributed by atoms with Gasteiger partial charge in [0.15, 0.2) is 17.3 Å². The lowest BCUT2D eigenvalue weighted by atomic mass is 9.72. The first kappa shape index (κ1) is 24.8. The molecule has 2 aromatic carbocycles. The number of thiophene rings is 1. The van der Waals surface area contributed by atoms with E-state index in [0.29, 0.717) is 52.4 Å². The van der Waals surface area contributed by atoms with Gasteiger partial charge in [0.05, 0.1) is 20.1 Å². The summed E-state index contributed by atoms with van der Waals surface area (Å²) in [5.41, 5.74) is 3.34. The largest absolute Gasteiger partial charge is 0.493 e. The van der Waals surface area contributed by atoms with Crippen LogP contribution >= 0.6 is 11.3 Å². The molecule has 2 atom stereocenters. The Morgan fingerprint density at radius 1 is 1.08 bits per heavy atom. The molecule has 0 unspecified atom stereocenters. The fourth-order valence-corrected chi connectivity index (χ4v) is 6.11. The maximum Gasteiger partial charge on any atom is 0.254 e. The molecule has 6 nitrogen and oxygen atoms in total. The monoisotopic (exact) mass is 518 g/mol. The average molecular weight is 519 g/mol. The molecule has 2 N–H and O–H groups in total. The lowest BCUT2D eigenvalue weighted by Crippen LogP contribution is -2.37. The lowest BCUT2D eigenvalue weighted by molar-refractivity contribution is -0.116. The first-order valence-electron chi connectivity index (χ1n) is 12.0. The number of nitrogens with one attached hydrogen (secondary N) is 2. The minimum Gasteiger partial charge on any atom is -0.493 e. The molecule has 3 aromatic rings. The number of methoxy groups -OCH3 is 2. The van der Waals surface area contributed by atoms with Crippen molar-refractivity contribution in [3.63, 3.8) is 0 Å². The fourth-order valence-electron chi connectivity index (χ4n) is 5.28. The fraction of sp³-hybridized carbons (Fsp3) is 0.241. The van der Waals surface area contributed by atoms with E-state index in [4.69, 9.17) is 9.47 Å². The van der Waals surface area contributed by atoms with Gasteiger partial charge in [0.1, 0.15) is 5.82 Å². The van der Waals surface area contributed by atoms with E-state index in [1.54, 1.807) is 30.6 Å². The van der Waals surface area contributed by atoms with Crippen molar-refractivity contribution in [3.05, 3.63) is 98.8 Å². The normalized spacial score (nSPS) is 19.3. The van der Waals surface area contributed by atoms with Crippen LogP contribution < -0.4 is 20.1 Å². The van der Waals surface area contributed by atoms with E-state index >= 15 is 0 Å². The molecule has 37 heavy (non-hydrogen) atoms. The van der Waals surface area contributed by atoms with Crippen LogP contribution in [0.2, 0.25) is 0 Å². The summed E-state index contributed by atoms with van der Waals surface area (Å²) in [5, 5.41) is 8.20. The molecule has 0 radical (unpaired) electrons. The standard InChI is InChI=1S/C29H27FN2O4S/c1-16-25(29(34)32-19-8-4-7-18(30)15-19)26(20-9-5-10-23(35-2)28(20)36-3)27-21(31-16)13-17(14-22(27)33)24-11-6-12-37-24/h4-12,15,17,26,31H,13-14H2,1-3H3,(H,32,34)/t17-,26-/m1/s1. The van der Waals surface area contributed by atoms with E-state index < -0.39 is 17.6 Å². The summed E-state index contributed by atoms with van der Waals surface area (Å²) in [6, 6.07) is 15.2. The molecule has 5 rings (SSSR count). The zero-order chi connectivity index (χ0) is 26.1. The number of Topliss-reactive ketones (excluding diaryl/α,β-unsaturated/α-hetero) is 1. The Kier molecular flexibility index (Phi) is 6.84. The Morgan fingerprint density at radius 2 is 1.89 bits per heavy atom. The quantitative estimate of drug-likeness (QED) is 0.425. The molecule has 1 aliphatic carbocycles. The maximum atomic E-state index is 13.8. The van der Waals surface area contributed by atoms with Crippen LogP contribution in [-0.4, -0.2) is 25.9 Å². The van der Waals surface area contributed by atoms with Gasteiger partial charge in [-0.15, -0.1) is 11.3 Å². The van der Waals surface area contributed by atoms with Crippen LogP contribution in [0.5, 0.6) is 11.5 Å². The van der Waals surface area contributed by atoms with Crippen molar-refractivity contribution in [1.29, 1.82) is 0 Å². The molecule has 1 aromatic heterocycles. The highest BCUT2D eigenvalue weighted by atomic mass is 32.1. The van der Waals surface area contributed by atoms with Gasteiger partial charge in [0.2, 0.25) is 0 Å². The van der Waals surface area contributed by atoms with E-state index in [9.17, 15) is 14.0 Å². The molecule has 0 spiro atoms. The third-order valence-electron chi connectivity index (χ3n) is 6.84. The van der Waals surface area contributed by atoms with Crippen molar-refractivity contribution in [2.24, 2.45) is 0 Å². The number of hydrogen-bond acceptors (Lipinski definition) is 6. The van der Waals surface area contributed by atoms with E-state index in [2.05, 4.69) is 16.7 Å². The van der Waals surface area contributed by atoms with Crippen molar-refractivity contribution in [2.45, 2.75) is 31.6 Å². The van der Waals surface area contributed by atoms with Gasteiger partial charge < -0.3 is 20.1 Å². The van der Waals surface area contributed by atoms with Crippen LogP contribution in [0, 0.1) is 5.82 Å². The van der Waals surface area contributed by atoms with Crippen LogP contribution in [0.15, 0.2) is 82.5 Å². The molecule has 0 saturated heterocycles. The number of halogens is 1. The Morgan fingerprint density at radius 3 is 2.59 bits per heavy atom. The van der Waals surface area contributed by atoms with E-state index in [1.165, 1.54) is 25.3 Å². The van der Waals surface area contributed by atoms with Crippen molar-refractivity contribution in [1.82, 2.24) is 5.32 Å². The average Bonchev–Trinajstić information content (AvgIpc) is 3.42. The lowest BCUT2D eigenvalue weighted by Gasteiger charge is -2.37. The molecule has 1 aliphatic heterocycles. The Bertz CT molecular complexity index is 1430. The summed E-state index contributed by atoms with van der Waals surface area (Å²) in [7, 11) is 3.08. The van der Waals surface area contributed by atoms with Gasteiger partial charge in [-0.25, -0.2) is 4.39 Å². The summed E-state index contributed by atoms with van der Waals surface area (Å²) >= 11 is 1.64. The minimum atomic E-state index is -0.688. The van der Waals surface area contributed by atoms with Gasteiger partial charge in [-0.2, -0.15) is 0 Å². The molecule has 0 fully saturated rings. The number of allylic oxidation sites excluding steroid dienone is 3. The van der Waals surface area contributed by atoms with Crippen molar-refractivity contribution >= 4 is 28.7 Å². The van der Waals surface area contributed by atoms with Gasteiger partial charge in [-0.05, 0) is 49.1 Å². The highest BCUT2D eigenvalue weighted by Gasteiger charge is 2.42. The molecule has 190 valence electrons. The van der Waals surface area contributed by atoms with Crippen LogP contribution in [0.3, 0.4) is 0 Å². The summed E-state index contributed by atoms with van der Waals surface area (Å²) < 4.78 is 25.1. The number of para-hydroxylation sites is 1. The molecule has 1 amide bonds. The highest BCUT2D eigenvalue weighted by Crippen LogP contribution is 2.49. The smallest absolute Gasteiger partial charge is 0.254 e. The van der Waals surface area contributed by atoms with E-state index in [-0.39, 0.29) is 11.7 Å². The number of rotatable bonds is 6. The van der Waals surface area contributed by atoms with Crippen LogP contribution in [0.1, 0.15) is 42.0 Å². The predicted molar refractivity (Wildman–Crippen MR) is 141 cm³/mol. The number of benzene rings is 2. The molecular formula is C29H27FN2O4S. The summed E-state index contributed by atoms with van der Waals surface area (Å²) in [6.07, 6.45) is 1.00. The number of amides is 1. The van der Waals surface area contributed by atoms with E-state index in [1.807, 2.05) is 30.5 Å². The first-order valence-corrected chi connectivity index (χ1v) is 12.8. The Balaban J connectivity index is 1.63. The number of anilines is 1. The predicted octanol–water partition coefficient (Wildman–Crippen LogP) is 5.90. The second-order valence-corrected chi connectivity index (χ2v) is 10.1. The summed E-state index contributed by atoms with van der Waals surface area (Å²) in [4.78, 5) is 28.7. The molecular weight excluding hydrogens is 491 g/mol. The zero-order valence-electron chi connectivity index (χ0n) is 20.8. The number of ether oxygens (including phenoxy) is 2. The third kappa shape index (κ3) is 4.64. The van der Waals surface area contributed by atoms with Gasteiger partial charge in [0, 0.05) is 51.0 Å². The number of hydrogen-bond donors (Lipinski definition) is 2. The zero-order valence-corrected chi connectivity index (χ0v) is 21.6. The maximum absolute atomic E-state index is 13.8. The number of carbonyl (C=O) groups is 2. The summed E-state index contributed by atoms with van der Waals surface area (Å²) in [6.45, 7) is 1.82. The second kappa shape index (κ2) is 10.2. The third-order valence-corrected chi connectivity index (χ3v) is 7.88. The first-order chi connectivity index (χ1) is 17.9. The molecule has 8 heteroatoms. The van der Waals surface area contributed by atoms with Gasteiger partial charge in [0.25, 0.3) is 5.91 Å². The van der Waals surface area contributed by atoms with Crippen molar-refractivity contribution < 1.29 is 23.5 Å². The van der Waals surface area contributed by atoms with Gasteiger partial charge in [-0.1, -0.05) is 24.3 Å². The Labute approximate surface area is 218 Å². The van der Waals surface area contributed by atoms with Gasteiger partial charge in [-0.3, -0.25) is 9.59 Å². The molecule has 0 bridgehead atoms. The second-order valence-electron chi connectivity index (χ2n) is 9.08. The van der Waals surface area contributed by atoms with Crippen LogP contribution in [0.4, 0.5) is 10.1 Å². The highest BCUT2D eigenvalue weighted by molar-refractivity contribution is 7.10. The molecule has 2 aliphatic rings. The molecule has 0 saturated carbocycles. The number of carbonyl (C=O) groups excluding carboxylic acids is 2. The van der Waals surface area contributed by atoms with Crippen LogP contribution in [0.25, 0.3) is 0 Å². The van der Waals surface area contributed by atoms with E-state index in [0.717, 1.165) is 10.6 Å². The Hall–Kier alpha value is -3.91. The van der Waals surface area contributed by atoms with Crippen LogP contribution in [-0.2, 0) is 9.59 Å². The number of dihydropyridines is 1. The summed E-state index contributed by atoms with van der Waals surface area (Å²) in [5.74, 6) is -0.559. The van der Waals surface area contributed by atoms with Crippen molar-refractivity contribution in [2.75, 3.05) is 19.5 Å². The van der Waals surface area contributed by atoms with Crippen molar-refractivity contribution in [3.8, 4) is 11.5 Å². The van der Waals surface area contributed by atoms with Gasteiger partial charge >= 0.3 is 0 Å². The SMILES string of the molecule is COc1cccc([C@@H]2C(C(=O)Nc3cccc(F)c3)=C(C)NC3=C2C(=O)C[C@H](c2cccs2)C3)c1OC. The topological polar surface area (TPSA) is 76.7 Å². The number of ketones is 1. The molecule has 2 heterocycles.